The van der Waals surface area contributed by atoms with E-state index in [-0.39, 0.29) is 5.82 Å². The highest BCUT2D eigenvalue weighted by atomic mass is 19.1. The Morgan fingerprint density at radius 1 is 1.04 bits per heavy atom. The minimum absolute atomic E-state index is 0.267. The average Bonchev–Trinajstić information content (AvgIpc) is 2.62. The van der Waals surface area contributed by atoms with Gasteiger partial charge >= 0.3 is 0 Å². The SMILES string of the molecule is N#Cc1ccc(Nc2nncc(NCc3ccc(F)cc3)n2)cc1. The summed E-state index contributed by atoms with van der Waals surface area (Å²) in [4.78, 5) is 4.31. The van der Waals surface area contributed by atoms with Gasteiger partial charge in [-0.05, 0) is 42.0 Å². The van der Waals surface area contributed by atoms with E-state index in [1.807, 2.05) is 0 Å². The lowest BCUT2D eigenvalue weighted by Gasteiger charge is -2.08. The average molecular weight is 320 g/mol. The zero-order valence-electron chi connectivity index (χ0n) is 12.6. The van der Waals surface area contributed by atoms with E-state index in [0.717, 1.165) is 11.3 Å². The second kappa shape index (κ2) is 7.15. The van der Waals surface area contributed by atoms with Crippen molar-refractivity contribution in [3.05, 3.63) is 71.7 Å². The summed E-state index contributed by atoms with van der Waals surface area (Å²) in [5, 5.41) is 22.7. The third-order valence-corrected chi connectivity index (χ3v) is 3.22. The molecular weight excluding hydrogens is 307 g/mol. The van der Waals surface area contributed by atoms with Crippen molar-refractivity contribution < 1.29 is 4.39 Å². The highest BCUT2D eigenvalue weighted by molar-refractivity contribution is 5.55. The van der Waals surface area contributed by atoms with Crippen molar-refractivity contribution in [2.24, 2.45) is 0 Å². The van der Waals surface area contributed by atoms with Crippen molar-refractivity contribution in [1.82, 2.24) is 15.2 Å². The van der Waals surface area contributed by atoms with Crippen LogP contribution in [0.2, 0.25) is 0 Å². The highest BCUT2D eigenvalue weighted by Gasteiger charge is 2.02. The molecule has 24 heavy (non-hydrogen) atoms. The van der Waals surface area contributed by atoms with E-state index in [1.54, 1.807) is 36.4 Å². The van der Waals surface area contributed by atoms with Gasteiger partial charge in [0, 0.05) is 12.2 Å². The molecule has 3 aromatic rings. The number of nitrogens with zero attached hydrogens (tertiary/aromatic N) is 4. The summed E-state index contributed by atoms with van der Waals surface area (Å²) in [6.07, 6.45) is 1.51. The molecule has 0 atom stereocenters. The van der Waals surface area contributed by atoms with Gasteiger partial charge in [-0.15, -0.1) is 5.10 Å². The molecule has 0 saturated heterocycles. The van der Waals surface area contributed by atoms with Crippen LogP contribution in [-0.4, -0.2) is 15.2 Å². The maximum absolute atomic E-state index is 12.9. The topological polar surface area (TPSA) is 86.5 Å². The zero-order valence-corrected chi connectivity index (χ0v) is 12.6. The monoisotopic (exact) mass is 320 g/mol. The Labute approximate surface area is 138 Å². The van der Waals surface area contributed by atoms with Crippen molar-refractivity contribution in [2.45, 2.75) is 6.54 Å². The van der Waals surface area contributed by atoms with E-state index in [2.05, 4.69) is 31.9 Å². The van der Waals surface area contributed by atoms with E-state index in [0.29, 0.717) is 23.9 Å². The van der Waals surface area contributed by atoms with Crippen LogP contribution in [-0.2, 0) is 6.54 Å². The Morgan fingerprint density at radius 3 is 2.50 bits per heavy atom. The predicted octanol–water partition coefficient (Wildman–Crippen LogP) is 3.24. The molecule has 1 aromatic heterocycles. The first-order valence-electron chi connectivity index (χ1n) is 7.18. The summed E-state index contributed by atoms with van der Waals surface area (Å²) in [6, 6.07) is 15.2. The zero-order chi connectivity index (χ0) is 16.8. The summed E-state index contributed by atoms with van der Waals surface area (Å²) in [5.74, 6) is 0.616. The number of nitrogens with one attached hydrogen (secondary N) is 2. The lowest BCUT2D eigenvalue weighted by Crippen LogP contribution is -2.05. The van der Waals surface area contributed by atoms with Gasteiger partial charge in [-0.3, -0.25) is 0 Å². The molecule has 0 amide bonds. The number of halogens is 1. The van der Waals surface area contributed by atoms with Crippen LogP contribution in [0.4, 0.5) is 21.8 Å². The van der Waals surface area contributed by atoms with Gasteiger partial charge in [0.15, 0.2) is 5.82 Å². The summed E-state index contributed by atoms with van der Waals surface area (Å²) in [7, 11) is 0. The number of hydrogen-bond acceptors (Lipinski definition) is 6. The summed E-state index contributed by atoms with van der Waals surface area (Å²) in [5.41, 5.74) is 2.26. The Hall–Kier alpha value is -3.53. The van der Waals surface area contributed by atoms with Crippen LogP contribution in [0.15, 0.2) is 54.7 Å². The third-order valence-electron chi connectivity index (χ3n) is 3.22. The van der Waals surface area contributed by atoms with Crippen LogP contribution in [0, 0.1) is 17.1 Å². The van der Waals surface area contributed by atoms with Crippen molar-refractivity contribution in [2.75, 3.05) is 10.6 Å². The molecule has 0 saturated carbocycles. The number of aromatic nitrogens is 3. The molecule has 118 valence electrons. The van der Waals surface area contributed by atoms with E-state index >= 15 is 0 Å². The molecule has 0 spiro atoms. The Morgan fingerprint density at radius 2 is 1.79 bits per heavy atom. The molecule has 0 unspecified atom stereocenters. The molecule has 6 nitrogen and oxygen atoms in total. The van der Waals surface area contributed by atoms with Crippen molar-refractivity contribution in [1.29, 1.82) is 5.26 Å². The predicted molar refractivity (Wildman–Crippen MR) is 88.0 cm³/mol. The van der Waals surface area contributed by atoms with Crippen LogP contribution in [0.25, 0.3) is 0 Å². The summed E-state index contributed by atoms with van der Waals surface area (Å²) in [6.45, 7) is 0.495. The first kappa shape index (κ1) is 15.4. The number of rotatable bonds is 5. The molecule has 2 N–H and O–H groups in total. The molecule has 1 heterocycles. The Balaban J connectivity index is 1.65. The molecule has 0 aliphatic heterocycles. The fraction of sp³-hybridized carbons (Fsp3) is 0.0588. The van der Waals surface area contributed by atoms with Gasteiger partial charge in [0.25, 0.3) is 0 Å². The fourth-order valence-corrected chi connectivity index (χ4v) is 1.99. The molecular formula is C17H13FN6. The number of benzene rings is 2. The van der Waals surface area contributed by atoms with E-state index in [4.69, 9.17) is 5.26 Å². The number of nitriles is 1. The quantitative estimate of drug-likeness (QED) is 0.750. The van der Waals surface area contributed by atoms with Gasteiger partial charge in [-0.25, -0.2) is 4.39 Å². The fourth-order valence-electron chi connectivity index (χ4n) is 1.99. The smallest absolute Gasteiger partial charge is 0.249 e. The molecule has 2 aromatic carbocycles. The van der Waals surface area contributed by atoms with Crippen LogP contribution >= 0.6 is 0 Å². The molecule has 0 fully saturated rings. The normalized spacial score (nSPS) is 10.0. The van der Waals surface area contributed by atoms with Gasteiger partial charge in [0.1, 0.15) is 5.82 Å². The first-order valence-corrected chi connectivity index (χ1v) is 7.18. The third kappa shape index (κ3) is 4.01. The second-order valence-corrected chi connectivity index (χ2v) is 4.96. The summed E-state index contributed by atoms with van der Waals surface area (Å²) < 4.78 is 12.9. The molecule has 7 heteroatoms. The Kier molecular flexibility index (Phi) is 4.58. The van der Waals surface area contributed by atoms with Gasteiger partial charge in [0.2, 0.25) is 5.95 Å². The van der Waals surface area contributed by atoms with Gasteiger partial charge in [-0.1, -0.05) is 12.1 Å². The standard InChI is InChI=1S/C17H13FN6/c18-14-5-1-13(2-6-14)10-20-16-11-21-24-17(23-16)22-15-7-3-12(9-19)4-8-15/h1-8,11H,10H2,(H2,20,22,23,24). The molecule has 0 aliphatic rings. The Bertz CT molecular complexity index is 855. The largest absolute Gasteiger partial charge is 0.365 e. The van der Waals surface area contributed by atoms with Gasteiger partial charge in [0.05, 0.1) is 17.8 Å². The first-order chi connectivity index (χ1) is 11.7. The van der Waals surface area contributed by atoms with E-state index in [1.165, 1.54) is 18.3 Å². The van der Waals surface area contributed by atoms with Crippen molar-refractivity contribution in [3.63, 3.8) is 0 Å². The van der Waals surface area contributed by atoms with Crippen molar-refractivity contribution >= 4 is 17.5 Å². The maximum Gasteiger partial charge on any atom is 0.249 e. The van der Waals surface area contributed by atoms with E-state index in [9.17, 15) is 4.39 Å². The number of hydrogen-bond donors (Lipinski definition) is 2. The highest BCUT2D eigenvalue weighted by Crippen LogP contribution is 2.14. The van der Waals surface area contributed by atoms with E-state index < -0.39 is 0 Å². The van der Waals surface area contributed by atoms with Gasteiger partial charge in [-0.2, -0.15) is 15.3 Å². The molecule has 0 radical (unpaired) electrons. The minimum Gasteiger partial charge on any atom is -0.365 e. The van der Waals surface area contributed by atoms with Crippen LogP contribution < -0.4 is 10.6 Å². The molecule has 0 bridgehead atoms. The minimum atomic E-state index is -0.267. The second-order valence-electron chi connectivity index (χ2n) is 4.96. The van der Waals surface area contributed by atoms with Gasteiger partial charge < -0.3 is 10.6 Å². The van der Waals surface area contributed by atoms with Crippen LogP contribution in [0.1, 0.15) is 11.1 Å². The van der Waals surface area contributed by atoms with Crippen LogP contribution in [0.3, 0.4) is 0 Å². The van der Waals surface area contributed by atoms with Crippen molar-refractivity contribution in [3.8, 4) is 6.07 Å². The molecule has 0 aliphatic carbocycles. The summed E-state index contributed by atoms with van der Waals surface area (Å²) >= 11 is 0. The maximum atomic E-state index is 12.9. The van der Waals surface area contributed by atoms with Crippen LogP contribution in [0.5, 0.6) is 0 Å². The lowest BCUT2D eigenvalue weighted by molar-refractivity contribution is 0.627. The lowest BCUT2D eigenvalue weighted by atomic mass is 10.2. The number of anilines is 3. The molecule has 3 rings (SSSR count).